The second kappa shape index (κ2) is 10.6. The summed E-state index contributed by atoms with van der Waals surface area (Å²) in [4.78, 5) is 6.59. The minimum Gasteiger partial charge on any atom is -0.322 e. The molecule has 1 aromatic carbocycles. The average molecular weight is 472 g/mol. The van der Waals surface area contributed by atoms with E-state index in [4.69, 9.17) is 23.4 Å². The summed E-state index contributed by atoms with van der Waals surface area (Å²) < 4.78 is 38.1. The lowest BCUT2D eigenvalue weighted by Crippen LogP contribution is -2.58. The molecule has 184 valence electrons. The molecule has 0 amide bonds. The molecule has 0 spiro atoms. The van der Waals surface area contributed by atoms with E-state index in [-0.39, 0.29) is 13.2 Å². The molecule has 7 nitrogen and oxygen atoms in total. The summed E-state index contributed by atoms with van der Waals surface area (Å²) in [6.07, 6.45) is 0.442. The first-order valence-electron chi connectivity index (χ1n) is 11.5. The van der Waals surface area contributed by atoms with Gasteiger partial charge in [-0.1, -0.05) is 52.0 Å². The summed E-state index contributed by atoms with van der Waals surface area (Å²) in [6, 6.07) is 8.03. The molecule has 0 N–H and O–H groups in total. The van der Waals surface area contributed by atoms with E-state index in [1.165, 1.54) is 0 Å². The first-order chi connectivity index (χ1) is 14.8. The lowest BCUT2D eigenvalue weighted by atomic mass is 9.94. The molecule has 1 heterocycles. The van der Waals surface area contributed by atoms with Gasteiger partial charge in [-0.3, -0.25) is 4.57 Å². The Morgan fingerprint density at radius 2 is 1.44 bits per heavy atom. The SMILES string of the molecule is CCOP(=O)(OCC)C(N(OC1(CC)OCc2ccccc2CO1)C(C)(C)C)C(C)(C)C. The van der Waals surface area contributed by atoms with Crippen LogP contribution < -0.4 is 0 Å². The Morgan fingerprint density at radius 1 is 0.969 bits per heavy atom. The molecule has 1 unspecified atom stereocenters. The van der Waals surface area contributed by atoms with Crippen molar-refractivity contribution in [2.75, 3.05) is 13.2 Å². The summed E-state index contributed by atoms with van der Waals surface area (Å²) >= 11 is 0. The highest BCUT2D eigenvalue weighted by atomic mass is 31.2. The molecule has 0 radical (unpaired) electrons. The van der Waals surface area contributed by atoms with Crippen LogP contribution in [-0.4, -0.2) is 35.6 Å². The van der Waals surface area contributed by atoms with Gasteiger partial charge in [0.1, 0.15) is 5.78 Å². The molecule has 0 aliphatic carbocycles. The van der Waals surface area contributed by atoms with Gasteiger partial charge in [-0.2, -0.15) is 5.06 Å². The monoisotopic (exact) mass is 471 g/mol. The summed E-state index contributed by atoms with van der Waals surface area (Å²) in [7, 11) is -3.59. The quantitative estimate of drug-likeness (QED) is 0.302. The fraction of sp³-hybridized carbons (Fsp3) is 0.750. The zero-order chi connectivity index (χ0) is 24.2. The number of hydrogen-bond acceptors (Lipinski definition) is 7. The van der Waals surface area contributed by atoms with Gasteiger partial charge in [0.25, 0.3) is 5.97 Å². The highest BCUT2D eigenvalue weighted by molar-refractivity contribution is 7.54. The molecule has 32 heavy (non-hydrogen) atoms. The molecule has 0 fully saturated rings. The molecule has 1 aliphatic heterocycles. The Balaban J connectivity index is 2.50. The van der Waals surface area contributed by atoms with E-state index in [1.807, 2.05) is 86.6 Å². The molecule has 1 atom stereocenters. The van der Waals surface area contributed by atoms with E-state index < -0.39 is 30.3 Å². The number of ether oxygens (including phenoxy) is 2. The van der Waals surface area contributed by atoms with Gasteiger partial charge >= 0.3 is 7.60 Å². The fourth-order valence-electron chi connectivity index (χ4n) is 3.77. The number of hydroxylamine groups is 2. The van der Waals surface area contributed by atoms with E-state index in [2.05, 4.69) is 0 Å². The smallest absolute Gasteiger partial charge is 0.322 e. The predicted molar refractivity (Wildman–Crippen MR) is 126 cm³/mol. The van der Waals surface area contributed by atoms with Crippen LogP contribution >= 0.6 is 7.60 Å². The van der Waals surface area contributed by atoms with Gasteiger partial charge in [-0.15, -0.1) is 0 Å². The van der Waals surface area contributed by atoms with Gasteiger partial charge in [0.2, 0.25) is 0 Å². The molecule has 1 aliphatic rings. The number of rotatable bonds is 9. The van der Waals surface area contributed by atoms with Crippen LogP contribution in [0.2, 0.25) is 0 Å². The van der Waals surface area contributed by atoms with Crippen molar-refractivity contribution in [1.29, 1.82) is 0 Å². The molecule has 0 bridgehead atoms. The van der Waals surface area contributed by atoms with Crippen molar-refractivity contribution in [1.82, 2.24) is 5.06 Å². The molecule has 0 aromatic heterocycles. The van der Waals surface area contributed by atoms with Crippen LogP contribution in [0.4, 0.5) is 0 Å². The minimum atomic E-state index is -3.59. The highest BCUT2D eigenvalue weighted by Gasteiger charge is 2.54. The van der Waals surface area contributed by atoms with Crippen LogP contribution in [0.1, 0.15) is 79.9 Å². The predicted octanol–water partition coefficient (Wildman–Crippen LogP) is 6.47. The Hall–Kier alpha value is -0.790. The molecule has 1 aromatic rings. The maximum absolute atomic E-state index is 14.1. The fourth-order valence-corrected chi connectivity index (χ4v) is 6.45. The van der Waals surface area contributed by atoms with Gasteiger partial charge in [0, 0.05) is 12.0 Å². The zero-order valence-electron chi connectivity index (χ0n) is 21.3. The van der Waals surface area contributed by atoms with Crippen LogP contribution in [0.5, 0.6) is 0 Å². The summed E-state index contributed by atoms with van der Waals surface area (Å²) in [6.45, 7) is 18.9. The van der Waals surface area contributed by atoms with Crippen molar-refractivity contribution in [3.63, 3.8) is 0 Å². The normalized spacial score (nSPS) is 18.3. The van der Waals surface area contributed by atoms with Crippen molar-refractivity contribution in [3.05, 3.63) is 35.4 Å². The summed E-state index contributed by atoms with van der Waals surface area (Å²) in [5.41, 5.74) is 1.07. The van der Waals surface area contributed by atoms with Crippen LogP contribution in [0, 0.1) is 5.41 Å². The maximum Gasteiger partial charge on any atom is 0.350 e. The topological polar surface area (TPSA) is 66.5 Å². The second-order valence-electron chi connectivity index (χ2n) is 10.1. The van der Waals surface area contributed by atoms with Crippen molar-refractivity contribution >= 4 is 7.60 Å². The largest absolute Gasteiger partial charge is 0.350 e. The zero-order valence-corrected chi connectivity index (χ0v) is 22.2. The van der Waals surface area contributed by atoms with Gasteiger partial charge < -0.3 is 18.5 Å². The summed E-state index contributed by atoms with van der Waals surface area (Å²) in [5, 5.41) is 1.72. The molecule has 2 rings (SSSR count). The van der Waals surface area contributed by atoms with E-state index in [1.54, 1.807) is 5.06 Å². The highest BCUT2D eigenvalue weighted by Crippen LogP contribution is 2.61. The van der Waals surface area contributed by atoms with Crippen molar-refractivity contribution in [3.8, 4) is 0 Å². The van der Waals surface area contributed by atoms with Gasteiger partial charge in [0.05, 0.1) is 26.4 Å². The summed E-state index contributed by atoms with van der Waals surface area (Å²) in [5.74, 6) is -2.03. The van der Waals surface area contributed by atoms with Crippen LogP contribution in [0.25, 0.3) is 0 Å². The third-order valence-corrected chi connectivity index (χ3v) is 8.08. The Morgan fingerprint density at radius 3 is 1.78 bits per heavy atom. The molecule has 0 saturated heterocycles. The van der Waals surface area contributed by atoms with Gasteiger partial charge in [-0.05, 0) is 51.2 Å². The third-order valence-electron chi connectivity index (χ3n) is 5.26. The van der Waals surface area contributed by atoms with Crippen LogP contribution in [0.15, 0.2) is 24.3 Å². The van der Waals surface area contributed by atoms with Gasteiger partial charge in [-0.25, -0.2) is 4.84 Å². The number of hydrogen-bond donors (Lipinski definition) is 0. The second-order valence-corrected chi connectivity index (χ2v) is 12.2. The molecule has 8 heteroatoms. The standard InChI is InChI=1S/C24H42NO6P/c1-10-24(27-17-19-15-13-14-16-20(19)18-28-24)31-25(23(7,8)9)21(22(4,5)6)32(26,29-11-2)30-12-3/h13-16,21H,10-12,17-18H2,1-9H3. The maximum atomic E-state index is 14.1. The third kappa shape index (κ3) is 6.41. The minimum absolute atomic E-state index is 0.267. The Labute approximate surface area is 194 Å². The van der Waals surface area contributed by atoms with Crippen molar-refractivity contribution in [2.45, 2.75) is 99.2 Å². The average Bonchev–Trinajstić information content (AvgIpc) is 2.86. The first-order valence-corrected chi connectivity index (χ1v) is 13.1. The molecule has 0 saturated carbocycles. The number of benzene rings is 1. The Bertz CT molecular complexity index is 748. The number of fused-ring (bicyclic) bond motifs is 1. The van der Waals surface area contributed by atoms with Crippen molar-refractivity contribution < 1.29 is 27.9 Å². The molecular weight excluding hydrogens is 429 g/mol. The van der Waals surface area contributed by atoms with Crippen LogP contribution in [0.3, 0.4) is 0 Å². The lowest BCUT2D eigenvalue weighted by molar-refractivity contribution is -0.471. The number of nitrogens with zero attached hydrogens (tertiary/aromatic N) is 1. The van der Waals surface area contributed by atoms with E-state index in [9.17, 15) is 4.57 Å². The van der Waals surface area contributed by atoms with E-state index in [0.29, 0.717) is 19.6 Å². The lowest BCUT2D eigenvalue weighted by Gasteiger charge is -2.50. The first kappa shape index (κ1) is 27.5. The van der Waals surface area contributed by atoms with E-state index in [0.717, 1.165) is 11.1 Å². The van der Waals surface area contributed by atoms with Crippen LogP contribution in [-0.2, 0) is 41.1 Å². The van der Waals surface area contributed by atoms with Crippen molar-refractivity contribution in [2.24, 2.45) is 5.41 Å². The van der Waals surface area contributed by atoms with E-state index >= 15 is 0 Å². The van der Waals surface area contributed by atoms with Gasteiger partial charge in [0.15, 0.2) is 0 Å². The molecular formula is C24H42NO6P. The Kier molecular flexibility index (Phi) is 9.13.